The lowest BCUT2D eigenvalue weighted by Gasteiger charge is -2.28. The standard InChI is InChI=1S/C19H30N2O2/c1-14(2)13-23-18-9-5-4-8-17(18)21-19(22)11-15(3)16-7-6-10-20-12-16/h4-5,8-9,14-16,20H,6-7,10-13H2,1-3H3,(H,21,22). The van der Waals surface area contributed by atoms with Crippen molar-refractivity contribution >= 4 is 11.6 Å². The van der Waals surface area contributed by atoms with E-state index in [1.54, 1.807) is 0 Å². The molecule has 1 fully saturated rings. The molecule has 2 N–H and O–H groups in total. The third-order valence-electron chi connectivity index (χ3n) is 4.38. The van der Waals surface area contributed by atoms with Crippen LogP contribution < -0.4 is 15.4 Å². The van der Waals surface area contributed by atoms with Crippen LogP contribution in [0.1, 0.15) is 40.0 Å². The second-order valence-electron chi connectivity index (χ2n) is 7.04. The van der Waals surface area contributed by atoms with Crippen LogP contribution in [0.5, 0.6) is 5.75 Å². The van der Waals surface area contributed by atoms with E-state index in [-0.39, 0.29) is 5.91 Å². The van der Waals surface area contributed by atoms with Gasteiger partial charge in [-0.2, -0.15) is 0 Å². The van der Waals surface area contributed by atoms with Crippen LogP contribution in [0.15, 0.2) is 24.3 Å². The van der Waals surface area contributed by atoms with Crippen molar-refractivity contribution in [3.63, 3.8) is 0 Å². The average molecular weight is 318 g/mol. The number of amides is 1. The molecular formula is C19H30N2O2. The molecule has 1 aliphatic rings. The van der Waals surface area contributed by atoms with E-state index >= 15 is 0 Å². The van der Waals surface area contributed by atoms with E-state index in [9.17, 15) is 4.79 Å². The third kappa shape index (κ3) is 5.87. The van der Waals surface area contributed by atoms with Gasteiger partial charge in [0.15, 0.2) is 0 Å². The second kappa shape index (κ2) is 8.92. The van der Waals surface area contributed by atoms with Crippen LogP contribution in [-0.2, 0) is 4.79 Å². The Kier molecular flexibility index (Phi) is 6.90. The zero-order valence-corrected chi connectivity index (χ0v) is 14.6. The molecule has 2 rings (SSSR count). The summed E-state index contributed by atoms with van der Waals surface area (Å²) in [5.41, 5.74) is 0.770. The van der Waals surface area contributed by atoms with Gasteiger partial charge in [0.05, 0.1) is 12.3 Å². The van der Waals surface area contributed by atoms with Crippen LogP contribution in [0.2, 0.25) is 0 Å². The van der Waals surface area contributed by atoms with Crippen LogP contribution in [0.3, 0.4) is 0 Å². The number of nitrogens with one attached hydrogen (secondary N) is 2. The zero-order chi connectivity index (χ0) is 16.7. The Balaban J connectivity index is 1.89. The number of piperidine rings is 1. The van der Waals surface area contributed by atoms with Gasteiger partial charge >= 0.3 is 0 Å². The van der Waals surface area contributed by atoms with Crippen LogP contribution in [0, 0.1) is 17.8 Å². The van der Waals surface area contributed by atoms with Crippen molar-refractivity contribution in [1.82, 2.24) is 5.32 Å². The highest BCUT2D eigenvalue weighted by Gasteiger charge is 2.22. The van der Waals surface area contributed by atoms with Crippen molar-refractivity contribution in [2.45, 2.75) is 40.0 Å². The first-order chi connectivity index (χ1) is 11.1. The van der Waals surface area contributed by atoms with E-state index in [0.717, 1.165) is 24.5 Å². The number of ether oxygens (including phenoxy) is 1. The predicted molar refractivity (Wildman–Crippen MR) is 94.8 cm³/mol. The fourth-order valence-corrected chi connectivity index (χ4v) is 2.98. The van der Waals surface area contributed by atoms with Gasteiger partial charge in [-0.25, -0.2) is 0 Å². The molecule has 0 spiro atoms. The van der Waals surface area contributed by atoms with E-state index < -0.39 is 0 Å². The number of carbonyl (C=O) groups is 1. The summed E-state index contributed by atoms with van der Waals surface area (Å²) in [5, 5.41) is 6.44. The topological polar surface area (TPSA) is 50.4 Å². The number of anilines is 1. The summed E-state index contributed by atoms with van der Waals surface area (Å²) < 4.78 is 5.80. The Hall–Kier alpha value is -1.55. The molecule has 2 unspecified atom stereocenters. The fraction of sp³-hybridized carbons (Fsp3) is 0.632. The minimum atomic E-state index is 0.0728. The lowest BCUT2D eigenvalue weighted by Crippen LogP contribution is -2.34. The molecule has 1 aromatic carbocycles. The maximum Gasteiger partial charge on any atom is 0.224 e. The highest BCUT2D eigenvalue weighted by molar-refractivity contribution is 5.92. The monoisotopic (exact) mass is 318 g/mol. The van der Waals surface area contributed by atoms with E-state index in [1.807, 2.05) is 24.3 Å². The lowest BCUT2D eigenvalue weighted by atomic mass is 9.85. The highest BCUT2D eigenvalue weighted by atomic mass is 16.5. The Bertz CT molecular complexity index is 496. The van der Waals surface area contributed by atoms with Gasteiger partial charge in [0.1, 0.15) is 5.75 Å². The number of rotatable bonds is 7. The first kappa shape index (κ1) is 17.8. The molecule has 1 aliphatic heterocycles. The Morgan fingerprint density at radius 3 is 2.83 bits per heavy atom. The van der Waals surface area contributed by atoms with Gasteiger partial charge in [-0.15, -0.1) is 0 Å². The summed E-state index contributed by atoms with van der Waals surface area (Å²) in [6.07, 6.45) is 2.99. The van der Waals surface area contributed by atoms with Gasteiger partial charge in [-0.1, -0.05) is 32.9 Å². The number of carbonyl (C=O) groups excluding carboxylic acids is 1. The fourth-order valence-electron chi connectivity index (χ4n) is 2.98. The molecule has 0 bridgehead atoms. The van der Waals surface area contributed by atoms with Crippen LogP contribution in [0.4, 0.5) is 5.69 Å². The smallest absolute Gasteiger partial charge is 0.224 e. The minimum Gasteiger partial charge on any atom is -0.491 e. The highest BCUT2D eigenvalue weighted by Crippen LogP contribution is 2.26. The Labute approximate surface area is 140 Å². The molecule has 1 aromatic rings. The summed E-state index contributed by atoms with van der Waals surface area (Å²) in [7, 11) is 0. The predicted octanol–water partition coefficient (Wildman–Crippen LogP) is 3.69. The molecule has 0 aliphatic carbocycles. The van der Waals surface area contributed by atoms with Crippen LogP contribution >= 0.6 is 0 Å². The number of para-hydroxylation sites is 2. The maximum absolute atomic E-state index is 12.4. The summed E-state index contributed by atoms with van der Waals surface area (Å²) in [6, 6.07) is 7.67. The summed E-state index contributed by atoms with van der Waals surface area (Å²) in [4.78, 5) is 12.4. The molecular weight excluding hydrogens is 288 g/mol. The molecule has 1 heterocycles. The molecule has 128 valence electrons. The lowest BCUT2D eigenvalue weighted by molar-refractivity contribution is -0.117. The summed E-state index contributed by atoms with van der Waals surface area (Å²) >= 11 is 0. The van der Waals surface area contributed by atoms with Crippen molar-refractivity contribution in [3.8, 4) is 5.75 Å². The number of benzene rings is 1. The number of hydrogen-bond donors (Lipinski definition) is 2. The molecule has 2 atom stereocenters. The largest absolute Gasteiger partial charge is 0.491 e. The van der Waals surface area contributed by atoms with Crippen molar-refractivity contribution in [1.29, 1.82) is 0 Å². The molecule has 1 amide bonds. The van der Waals surface area contributed by atoms with Gasteiger partial charge in [0.2, 0.25) is 5.91 Å². The molecule has 4 heteroatoms. The summed E-state index contributed by atoms with van der Waals surface area (Å²) in [6.45, 7) is 9.19. The molecule has 4 nitrogen and oxygen atoms in total. The van der Waals surface area contributed by atoms with E-state index in [1.165, 1.54) is 12.8 Å². The van der Waals surface area contributed by atoms with Crippen LogP contribution in [-0.4, -0.2) is 25.6 Å². The molecule has 23 heavy (non-hydrogen) atoms. The maximum atomic E-state index is 12.4. The second-order valence-corrected chi connectivity index (χ2v) is 7.04. The van der Waals surface area contributed by atoms with E-state index in [2.05, 4.69) is 31.4 Å². The van der Waals surface area contributed by atoms with Gasteiger partial charge in [0.25, 0.3) is 0 Å². The third-order valence-corrected chi connectivity index (χ3v) is 4.38. The SMILES string of the molecule is CC(C)COc1ccccc1NC(=O)CC(C)C1CCCNC1. The minimum absolute atomic E-state index is 0.0728. The van der Waals surface area contributed by atoms with E-state index in [0.29, 0.717) is 30.8 Å². The van der Waals surface area contributed by atoms with Crippen molar-refractivity contribution in [3.05, 3.63) is 24.3 Å². The molecule has 1 saturated heterocycles. The molecule has 0 aromatic heterocycles. The normalized spacial score (nSPS) is 19.4. The van der Waals surface area contributed by atoms with Gasteiger partial charge in [0, 0.05) is 6.42 Å². The van der Waals surface area contributed by atoms with Crippen molar-refractivity contribution < 1.29 is 9.53 Å². The van der Waals surface area contributed by atoms with Crippen LogP contribution in [0.25, 0.3) is 0 Å². The Morgan fingerprint density at radius 1 is 1.35 bits per heavy atom. The van der Waals surface area contributed by atoms with E-state index in [4.69, 9.17) is 4.74 Å². The first-order valence-corrected chi connectivity index (χ1v) is 8.78. The zero-order valence-electron chi connectivity index (χ0n) is 14.6. The van der Waals surface area contributed by atoms with Crippen molar-refractivity contribution in [2.24, 2.45) is 17.8 Å². The number of hydrogen-bond acceptors (Lipinski definition) is 3. The van der Waals surface area contributed by atoms with Crippen molar-refractivity contribution in [2.75, 3.05) is 25.0 Å². The molecule has 0 saturated carbocycles. The van der Waals surface area contributed by atoms with Gasteiger partial charge in [-0.3, -0.25) is 4.79 Å². The average Bonchev–Trinajstić information content (AvgIpc) is 2.54. The Morgan fingerprint density at radius 2 is 2.13 bits per heavy atom. The van der Waals surface area contributed by atoms with Gasteiger partial charge in [-0.05, 0) is 55.8 Å². The molecule has 0 radical (unpaired) electrons. The first-order valence-electron chi connectivity index (χ1n) is 8.78. The van der Waals surface area contributed by atoms with Gasteiger partial charge < -0.3 is 15.4 Å². The quantitative estimate of drug-likeness (QED) is 0.806. The summed E-state index contributed by atoms with van der Waals surface area (Å²) in [5.74, 6) is 2.27.